The minimum atomic E-state index is 0. The van der Waals surface area contributed by atoms with E-state index >= 15 is 0 Å². The fourth-order valence-electron chi connectivity index (χ4n) is 3.79. The van der Waals surface area contributed by atoms with Crippen molar-refractivity contribution in [3.8, 4) is 11.1 Å². The second kappa shape index (κ2) is 13.9. The zero-order valence-electron chi connectivity index (χ0n) is 20.4. The fraction of sp³-hybridized carbons (Fsp3) is 0.276. The van der Waals surface area contributed by atoms with Crippen molar-refractivity contribution >= 4 is 17.7 Å². The molecule has 0 aliphatic heterocycles. The van der Waals surface area contributed by atoms with Crippen molar-refractivity contribution < 1.29 is 23.3 Å². The van der Waals surface area contributed by atoms with E-state index in [-0.39, 0.29) is 14.9 Å². The van der Waals surface area contributed by atoms with Crippen molar-refractivity contribution in [1.29, 1.82) is 0 Å². The van der Waals surface area contributed by atoms with Crippen molar-refractivity contribution in [3.05, 3.63) is 104 Å². The Bertz CT molecular complexity index is 1010. The van der Waals surface area contributed by atoms with E-state index in [1.807, 2.05) is 0 Å². The van der Waals surface area contributed by atoms with Crippen LogP contribution in [-0.2, 0) is 23.3 Å². The van der Waals surface area contributed by atoms with Gasteiger partial charge in [-0.3, -0.25) is 6.08 Å². The summed E-state index contributed by atoms with van der Waals surface area (Å²) in [7, 11) is 0. The van der Waals surface area contributed by atoms with E-state index in [2.05, 4.69) is 115 Å². The van der Waals surface area contributed by atoms with Gasteiger partial charge in [0.15, 0.2) is 0 Å². The molecule has 164 valence electrons. The molecule has 0 bridgehead atoms. The third-order valence-corrected chi connectivity index (χ3v) is 5.75. The van der Waals surface area contributed by atoms with Gasteiger partial charge in [-0.2, -0.15) is 11.1 Å². The van der Waals surface area contributed by atoms with E-state index in [9.17, 15) is 0 Å². The van der Waals surface area contributed by atoms with E-state index in [0.29, 0.717) is 11.8 Å². The average molecular weight is 504 g/mol. The fourth-order valence-corrected chi connectivity index (χ4v) is 3.79. The molecule has 0 N–H and O–H groups in total. The molecule has 2 radical (unpaired) electrons. The standard InChI is InChI=1S/C18H17.C9H13.2CH3.Si.Zr/c1-13(2)17-12-15-10-6-7-11-16(15)18(17)14-8-4-3-5-9-14;1-6-5-7(2)9(4)8(6)3;;;;/h3-13H,1-2H3;6H,1-4H3;2*1H3;;/q4*-1;;. The van der Waals surface area contributed by atoms with Crippen LogP contribution in [0.5, 0.6) is 0 Å². The van der Waals surface area contributed by atoms with Crippen molar-refractivity contribution in [2.45, 2.75) is 47.5 Å². The number of fused-ring (bicyclic) bond motifs is 1. The van der Waals surface area contributed by atoms with E-state index in [0.717, 1.165) is 0 Å². The molecule has 0 nitrogen and oxygen atoms in total. The predicted octanol–water partition coefficient (Wildman–Crippen LogP) is 8.59. The molecule has 1 aliphatic carbocycles. The van der Waals surface area contributed by atoms with Gasteiger partial charge in [0.2, 0.25) is 0 Å². The van der Waals surface area contributed by atoms with Gasteiger partial charge >= 0.3 is 30.2 Å². The molecule has 0 saturated heterocycles. The molecule has 4 rings (SSSR count). The number of benzene rings is 2. The van der Waals surface area contributed by atoms with Gasteiger partial charge in [0.25, 0.3) is 0 Å². The summed E-state index contributed by atoms with van der Waals surface area (Å²) in [4.78, 5) is 0. The second-order valence-corrected chi connectivity index (χ2v) is 7.88. The summed E-state index contributed by atoms with van der Waals surface area (Å²) in [6.07, 6.45) is 3.36. The first kappa shape index (κ1) is 29.6. The maximum atomic E-state index is 3.36. The van der Waals surface area contributed by atoms with Crippen LogP contribution < -0.4 is 0 Å². The number of hydrogen-bond donors (Lipinski definition) is 0. The van der Waals surface area contributed by atoms with Crippen molar-refractivity contribution in [3.63, 3.8) is 0 Å². The van der Waals surface area contributed by atoms with Gasteiger partial charge in [-0.1, -0.05) is 82.5 Å². The summed E-state index contributed by atoms with van der Waals surface area (Å²) >= 11 is 1.36. The van der Waals surface area contributed by atoms with E-state index < -0.39 is 0 Å². The van der Waals surface area contributed by atoms with Gasteiger partial charge in [0.05, 0.1) is 0 Å². The van der Waals surface area contributed by atoms with Crippen LogP contribution in [0.2, 0.25) is 0 Å². The Kier molecular flexibility index (Phi) is 13.3. The Morgan fingerprint density at radius 2 is 1.45 bits per heavy atom. The Balaban J connectivity index is 0.000000595. The second-order valence-electron chi connectivity index (χ2n) is 7.88. The van der Waals surface area contributed by atoms with Gasteiger partial charge in [-0.05, 0) is 5.92 Å². The average Bonchev–Trinajstić information content (AvgIpc) is 3.24. The Hall–Kier alpha value is -1.37. The maximum absolute atomic E-state index is 3.36. The van der Waals surface area contributed by atoms with E-state index in [4.69, 9.17) is 0 Å². The molecule has 3 aromatic rings. The topological polar surface area (TPSA) is 0 Å². The zero-order chi connectivity index (χ0) is 21.6. The van der Waals surface area contributed by atoms with Gasteiger partial charge < -0.3 is 14.9 Å². The number of rotatable bonds is 2. The normalized spacial score (nSPS) is 14.5. The quantitative estimate of drug-likeness (QED) is 0.243. The van der Waals surface area contributed by atoms with Crippen molar-refractivity contribution in [2.24, 2.45) is 5.92 Å². The van der Waals surface area contributed by atoms with Gasteiger partial charge in [0.1, 0.15) is 0 Å². The van der Waals surface area contributed by atoms with Crippen LogP contribution in [-0.4, -0.2) is 6.88 Å². The molecular formula is C29H36SiZr-4. The summed E-state index contributed by atoms with van der Waals surface area (Å²) in [6, 6.07) is 21.7. The first-order chi connectivity index (χ1) is 13.9. The molecule has 0 saturated carbocycles. The molecule has 2 heteroatoms. The van der Waals surface area contributed by atoms with E-state index in [1.165, 1.54) is 67.5 Å². The predicted molar refractivity (Wildman–Crippen MR) is 138 cm³/mol. The van der Waals surface area contributed by atoms with Crippen LogP contribution in [0, 0.1) is 26.8 Å². The van der Waals surface area contributed by atoms with Gasteiger partial charge in [0, 0.05) is 0 Å². The molecule has 0 spiro atoms. The molecule has 0 amide bonds. The molecule has 3 aromatic carbocycles. The van der Waals surface area contributed by atoms with Crippen LogP contribution >= 0.6 is 0 Å². The van der Waals surface area contributed by atoms with Crippen LogP contribution in [0.3, 0.4) is 0 Å². The molecule has 31 heavy (non-hydrogen) atoms. The van der Waals surface area contributed by atoms with Crippen LogP contribution in [0.1, 0.15) is 53.0 Å². The zero-order valence-corrected chi connectivity index (χ0v) is 23.9. The van der Waals surface area contributed by atoms with Crippen molar-refractivity contribution in [2.75, 3.05) is 0 Å². The Morgan fingerprint density at radius 3 is 1.90 bits per heavy atom. The van der Waals surface area contributed by atoms with Crippen molar-refractivity contribution in [1.82, 2.24) is 0 Å². The summed E-state index contributed by atoms with van der Waals surface area (Å²) in [5.74, 6) is 1.11. The first-order valence-corrected chi connectivity index (χ1v) is 14.4. The van der Waals surface area contributed by atoms with Crippen LogP contribution in [0.25, 0.3) is 21.9 Å². The molecule has 0 heterocycles. The molecule has 0 fully saturated rings. The summed E-state index contributed by atoms with van der Waals surface area (Å²) in [5, 5.41) is 2.72. The van der Waals surface area contributed by atoms with Crippen LogP contribution in [0.15, 0.2) is 77.4 Å². The summed E-state index contributed by atoms with van der Waals surface area (Å²) < 4.78 is 0. The molecule has 1 atom stereocenters. The SMILES string of the molecule is CC(C)c1[cH-]c2ccccc2c1-c1ccccc1.CC1=[C-]C(C)C(C)=C1C.[CH3-].[CH3-].[Si]=[Zr]. The first-order valence-electron chi connectivity index (χ1n) is 10.2. The molecule has 1 aliphatic rings. The Morgan fingerprint density at radius 1 is 0.903 bits per heavy atom. The monoisotopic (exact) mass is 502 g/mol. The molecular weight excluding hydrogens is 468 g/mol. The third-order valence-electron chi connectivity index (χ3n) is 5.75. The summed E-state index contributed by atoms with van der Waals surface area (Å²) in [6.45, 7) is 16.3. The number of allylic oxidation sites excluding steroid dienone is 4. The third kappa shape index (κ3) is 7.06. The summed E-state index contributed by atoms with van der Waals surface area (Å²) in [5.41, 5.74) is 8.42. The van der Waals surface area contributed by atoms with Crippen LogP contribution in [0.4, 0.5) is 0 Å². The molecule has 1 unspecified atom stereocenters. The minimum absolute atomic E-state index is 0. The van der Waals surface area contributed by atoms with Gasteiger partial charge in [-0.15, -0.1) is 53.1 Å². The van der Waals surface area contributed by atoms with Gasteiger partial charge in [-0.25, -0.2) is 5.57 Å². The van der Waals surface area contributed by atoms with E-state index in [1.54, 1.807) is 0 Å². The molecule has 0 aromatic heterocycles. The Labute approximate surface area is 208 Å². The number of hydrogen-bond acceptors (Lipinski definition) is 0.